The summed E-state index contributed by atoms with van der Waals surface area (Å²) in [5, 5.41) is 0. The number of aryl methyl sites for hydroxylation is 1. The second-order valence-corrected chi connectivity index (χ2v) is 10.4. The molecule has 210 valence electrons. The van der Waals surface area contributed by atoms with Gasteiger partial charge in [-0.3, -0.25) is 4.79 Å². The van der Waals surface area contributed by atoms with E-state index in [-0.39, 0.29) is 17.8 Å². The van der Waals surface area contributed by atoms with Crippen LogP contribution in [0, 0.1) is 5.41 Å². The molecule has 0 saturated heterocycles. The molecule has 0 bridgehead atoms. The van der Waals surface area contributed by atoms with Crippen LogP contribution in [0.1, 0.15) is 57.2 Å². The van der Waals surface area contributed by atoms with Crippen molar-refractivity contribution < 1.29 is 28.5 Å². The number of methoxy groups -OCH3 is 3. The Balaban J connectivity index is 2.08. The van der Waals surface area contributed by atoms with Crippen LogP contribution in [0.2, 0.25) is 0 Å². The summed E-state index contributed by atoms with van der Waals surface area (Å²) in [6.45, 7) is 8.65. The molecule has 0 saturated carbocycles. The lowest BCUT2D eigenvalue weighted by atomic mass is 9.68. The smallest absolute Gasteiger partial charge is 0.308 e. The summed E-state index contributed by atoms with van der Waals surface area (Å²) in [4.78, 5) is 12.8. The second kappa shape index (κ2) is 13.5. The zero-order valence-corrected chi connectivity index (χ0v) is 24.3. The molecule has 6 nitrogen and oxygen atoms in total. The Kier molecular flexibility index (Phi) is 10.4. The van der Waals surface area contributed by atoms with Crippen molar-refractivity contribution in [1.29, 1.82) is 0 Å². The first-order valence-corrected chi connectivity index (χ1v) is 13.4. The first kappa shape index (κ1) is 30.0. The Hall–Kier alpha value is -3.51. The Morgan fingerprint density at radius 3 is 1.79 bits per heavy atom. The van der Waals surface area contributed by atoms with Crippen LogP contribution >= 0.6 is 0 Å². The predicted molar refractivity (Wildman–Crippen MR) is 154 cm³/mol. The minimum Gasteiger partial charge on any atom is -0.493 e. The first-order valence-electron chi connectivity index (χ1n) is 13.4. The zero-order valence-electron chi connectivity index (χ0n) is 24.3. The molecule has 0 aliphatic heterocycles. The lowest BCUT2D eigenvalue weighted by molar-refractivity contribution is -0.161. The van der Waals surface area contributed by atoms with Gasteiger partial charge in [0.15, 0.2) is 11.5 Å². The molecule has 3 aromatic carbocycles. The maximum atomic E-state index is 12.8. The summed E-state index contributed by atoms with van der Waals surface area (Å²) in [7, 11) is 4.80. The molecule has 0 amide bonds. The van der Waals surface area contributed by atoms with E-state index in [1.807, 2.05) is 55.5 Å². The quantitative estimate of drug-likeness (QED) is 0.221. The number of ether oxygens (including phenoxy) is 5. The Morgan fingerprint density at radius 2 is 1.33 bits per heavy atom. The largest absolute Gasteiger partial charge is 0.493 e. The highest BCUT2D eigenvalue weighted by Gasteiger charge is 2.48. The van der Waals surface area contributed by atoms with Crippen molar-refractivity contribution in [1.82, 2.24) is 0 Å². The van der Waals surface area contributed by atoms with E-state index < -0.39 is 11.7 Å². The van der Waals surface area contributed by atoms with Crippen molar-refractivity contribution in [3.05, 3.63) is 89.5 Å². The number of carbonyl (C=O) groups excluding carboxylic acids is 1. The average molecular weight is 535 g/mol. The van der Waals surface area contributed by atoms with Crippen molar-refractivity contribution in [2.75, 3.05) is 27.9 Å². The van der Waals surface area contributed by atoms with E-state index in [1.165, 1.54) is 0 Å². The molecule has 39 heavy (non-hydrogen) atoms. The minimum atomic E-state index is -0.825. The van der Waals surface area contributed by atoms with Gasteiger partial charge in [-0.2, -0.15) is 0 Å². The Labute approximate surface area is 233 Å². The zero-order chi connectivity index (χ0) is 28.5. The molecule has 0 fully saturated rings. The topological polar surface area (TPSA) is 63.2 Å². The fourth-order valence-electron chi connectivity index (χ4n) is 5.23. The molecule has 6 heteroatoms. The van der Waals surface area contributed by atoms with Gasteiger partial charge in [0.2, 0.25) is 5.75 Å². The summed E-state index contributed by atoms with van der Waals surface area (Å²) < 4.78 is 29.3. The highest BCUT2D eigenvalue weighted by Crippen LogP contribution is 2.49. The van der Waals surface area contributed by atoms with E-state index in [1.54, 1.807) is 21.3 Å². The van der Waals surface area contributed by atoms with Crippen molar-refractivity contribution in [3.63, 3.8) is 0 Å². The summed E-state index contributed by atoms with van der Waals surface area (Å²) in [6, 6.07) is 24.3. The maximum absolute atomic E-state index is 12.8. The van der Waals surface area contributed by atoms with Crippen LogP contribution in [0.25, 0.3) is 0 Å². The van der Waals surface area contributed by atoms with Gasteiger partial charge < -0.3 is 23.7 Å². The van der Waals surface area contributed by atoms with Crippen molar-refractivity contribution in [3.8, 4) is 17.2 Å². The van der Waals surface area contributed by atoms with Crippen molar-refractivity contribution in [2.24, 2.45) is 5.41 Å². The summed E-state index contributed by atoms with van der Waals surface area (Å²) in [6.07, 6.45) is 0.835. The Morgan fingerprint density at radius 1 is 0.769 bits per heavy atom. The van der Waals surface area contributed by atoms with Gasteiger partial charge in [0.25, 0.3) is 0 Å². The van der Waals surface area contributed by atoms with Gasteiger partial charge in [-0.25, -0.2) is 0 Å². The van der Waals surface area contributed by atoms with Gasteiger partial charge in [-0.15, -0.1) is 0 Å². The normalized spacial score (nSPS) is 12.5. The molecule has 0 aromatic heterocycles. The fraction of sp³-hybridized carbons (Fsp3) is 0.424. The molecule has 0 spiro atoms. The van der Waals surface area contributed by atoms with Crippen LogP contribution in [-0.2, 0) is 26.3 Å². The van der Waals surface area contributed by atoms with E-state index >= 15 is 0 Å². The maximum Gasteiger partial charge on any atom is 0.308 e. The number of carbonyl (C=O) groups is 1. The molecule has 0 heterocycles. The molecule has 1 atom stereocenters. The number of hydrogen-bond acceptors (Lipinski definition) is 6. The molecule has 3 rings (SSSR count). The van der Waals surface area contributed by atoms with Gasteiger partial charge in [0.1, 0.15) is 5.60 Å². The third-order valence-electron chi connectivity index (χ3n) is 6.98. The number of esters is 1. The van der Waals surface area contributed by atoms with Crippen LogP contribution in [0.4, 0.5) is 0 Å². The van der Waals surface area contributed by atoms with Gasteiger partial charge in [0, 0.05) is 0 Å². The molecule has 0 aliphatic carbocycles. The van der Waals surface area contributed by atoms with Gasteiger partial charge in [-0.05, 0) is 47.9 Å². The highest BCUT2D eigenvalue weighted by atomic mass is 16.5. The average Bonchev–Trinajstić information content (AvgIpc) is 2.94. The van der Waals surface area contributed by atoms with Crippen LogP contribution in [0.3, 0.4) is 0 Å². The molecule has 0 N–H and O–H groups in total. The summed E-state index contributed by atoms with van der Waals surface area (Å²) in [5.41, 5.74) is 1.81. The fourth-order valence-corrected chi connectivity index (χ4v) is 5.23. The highest BCUT2D eigenvalue weighted by molar-refractivity contribution is 5.70. The van der Waals surface area contributed by atoms with Crippen LogP contribution < -0.4 is 14.2 Å². The summed E-state index contributed by atoms with van der Waals surface area (Å²) in [5.74, 6) is 1.46. The first-order chi connectivity index (χ1) is 18.7. The number of hydrogen-bond donors (Lipinski definition) is 0. The summed E-state index contributed by atoms with van der Waals surface area (Å²) >= 11 is 0. The van der Waals surface area contributed by atoms with E-state index in [2.05, 4.69) is 45.0 Å². The van der Waals surface area contributed by atoms with Gasteiger partial charge >= 0.3 is 5.97 Å². The predicted octanol–water partition coefficient (Wildman–Crippen LogP) is 6.97. The van der Waals surface area contributed by atoms with E-state index in [0.29, 0.717) is 36.7 Å². The lowest BCUT2D eigenvalue weighted by Gasteiger charge is -2.47. The third kappa shape index (κ3) is 6.74. The Bertz CT molecular complexity index is 1140. The van der Waals surface area contributed by atoms with Crippen molar-refractivity contribution in [2.45, 2.75) is 58.7 Å². The second-order valence-electron chi connectivity index (χ2n) is 10.4. The van der Waals surface area contributed by atoms with Gasteiger partial charge in [0.05, 0.1) is 40.5 Å². The van der Waals surface area contributed by atoms with Crippen LogP contribution in [-0.4, -0.2) is 40.0 Å². The molecular formula is C33H42O6. The monoisotopic (exact) mass is 534 g/mol. The van der Waals surface area contributed by atoms with Crippen LogP contribution in [0.5, 0.6) is 17.2 Å². The lowest BCUT2D eigenvalue weighted by Crippen LogP contribution is -2.47. The van der Waals surface area contributed by atoms with Crippen molar-refractivity contribution >= 4 is 5.97 Å². The molecular weight excluding hydrogens is 492 g/mol. The molecule has 3 aromatic rings. The minimum absolute atomic E-state index is 0.126. The molecule has 0 radical (unpaired) electrons. The molecule has 1 unspecified atom stereocenters. The van der Waals surface area contributed by atoms with E-state index in [0.717, 1.165) is 16.7 Å². The number of rotatable bonds is 13. The third-order valence-corrected chi connectivity index (χ3v) is 6.98. The van der Waals surface area contributed by atoms with Gasteiger partial charge in [-0.1, -0.05) is 87.5 Å². The molecule has 0 aliphatic rings. The SMILES string of the molecule is CCOC(=O)CC(CCc1ccc(OC)c(OC)c1OC)OC(c1ccccc1)(c1ccccc1)C(C)(C)C. The standard InChI is InChI=1S/C33H42O6/c1-8-38-29(34)23-27(21-19-24-20-22-28(35-5)31(37-7)30(24)36-6)39-33(32(2,3)4,25-15-11-9-12-16-25)26-17-13-10-14-18-26/h9-18,20,22,27H,8,19,21,23H2,1-7H3. The number of benzene rings is 3. The van der Waals surface area contributed by atoms with E-state index in [4.69, 9.17) is 23.7 Å². The van der Waals surface area contributed by atoms with E-state index in [9.17, 15) is 4.79 Å². The van der Waals surface area contributed by atoms with Crippen LogP contribution in [0.15, 0.2) is 72.8 Å².